The molecule has 6 nitrogen and oxygen atoms in total. The smallest absolute Gasteiger partial charge is 0.300 e. The zero-order valence-corrected chi connectivity index (χ0v) is 21.0. The Bertz CT molecular complexity index is 1300. The molecule has 1 N–H and O–H groups in total. The van der Waals surface area contributed by atoms with Crippen LogP contribution in [-0.2, 0) is 15.0 Å². The van der Waals surface area contributed by atoms with E-state index in [0.717, 1.165) is 10.0 Å². The van der Waals surface area contributed by atoms with Crippen LogP contribution >= 0.6 is 15.9 Å². The second-order valence-corrected chi connectivity index (χ2v) is 10.0. The maximum absolute atomic E-state index is 13.3. The van der Waals surface area contributed by atoms with E-state index in [4.69, 9.17) is 4.74 Å². The van der Waals surface area contributed by atoms with Gasteiger partial charge in [-0.25, -0.2) is 0 Å². The Balaban J connectivity index is 1.95. The van der Waals surface area contributed by atoms with E-state index in [9.17, 15) is 14.7 Å². The van der Waals surface area contributed by atoms with Gasteiger partial charge in [-0.15, -0.1) is 0 Å². The van der Waals surface area contributed by atoms with Crippen LogP contribution in [-0.4, -0.2) is 28.9 Å². The lowest BCUT2D eigenvalue weighted by Crippen LogP contribution is -2.29. The summed E-state index contributed by atoms with van der Waals surface area (Å²) in [7, 11) is 1.59. The summed E-state index contributed by atoms with van der Waals surface area (Å²) in [6, 6.07) is 15.1. The van der Waals surface area contributed by atoms with Crippen molar-refractivity contribution in [1.82, 2.24) is 4.98 Å². The van der Waals surface area contributed by atoms with E-state index < -0.39 is 17.7 Å². The Morgan fingerprint density at radius 2 is 1.76 bits per heavy atom. The van der Waals surface area contributed by atoms with E-state index in [1.807, 2.05) is 32.9 Å². The number of halogens is 1. The standard InChI is InChI=1S/C27H25BrN2O4/c1-27(2,3)20-14-17(8-9-21(20)34-4)24(31)22-23(16-10-12-29-13-11-16)30(26(33)25(22)32)19-7-5-6-18(28)15-19/h5-15,23,31H,1-4H3/b24-22-. The molecule has 1 unspecified atom stereocenters. The highest BCUT2D eigenvalue weighted by molar-refractivity contribution is 9.10. The van der Waals surface area contributed by atoms with Gasteiger partial charge >= 0.3 is 0 Å². The van der Waals surface area contributed by atoms with Crippen LogP contribution in [0, 0.1) is 0 Å². The number of benzene rings is 2. The highest BCUT2D eigenvalue weighted by Crippen LogP contribution is 2.43. The van der Waals surface area contributed by atoms with Gasteiger partial charge in [0.05, 0.1) is 18.7 Å². The second kappa shape index (κ2) is 9.06. The molecule has 1 aliphatic heterocycles. The number of ether oxygens (including phenoxy) is 1. The van der Waals surface area contributed by atoms with Crippen molar-refractivity contribution >= 4 is 39.1 Å². The van der Waals surface area contributed by atoms with E-state index in [1.165, 1.54) is 4.90 Å². The highest BCUT2D eigenvalue weighted by atomic mass is 79.9. The zero-order valence-electron chi connectivity index (χ0n) is 19.4. The van der Waals surface area contributed by atoms with Gasteiger partial charge in [0.25, 0.3) is 11.7 Å². The molecule has 3 aromatic rings. The zero-order chi connectivity index (χ0) is 24.6. The predicted molar refractivity (Wildman–Crippen MR) is 135 cm³/mol. The lowest BCUT2D eigenvalue weighted by Gasteiger charge is -2.26. The molecule has 0 radical (unpaired) electrons. The Morgan fingerprint density at radius 3 is 2.38 bits per heavy atom. The number of carbonyl (C=O) groups is 2. The third kappa shape index (κ3) is 4.23. The summed E-state index contributed by atoms with van der Waals surface area (Å²) < 4.78 is 6.28. The Hall–Kier alpha value is -3.45. The van der Waals surface area contributed by atoms with Crippen molar-refractivity contribution in [1.29, 1.82) is 0 Å². The maximum atomic E-state index is 13.3. The number of carbonyl (C=O) groups excluding carboxylic acids is 2. The normalized spacial score (nSPS) is 17.8. The summed E-state index contributed by atoms with van der Waals surface area (Å²) in [5.41, 5.74) is 2.29. The Kier molecular flexibility index (Phi) is 6.32. The highest BCUT2D eigenvalue weighted by Gasteiger charge is 2.47. The quantitative estimate of drug-likeness (QED) is 0.268. The molecular weight excluding hydrogens is 496 g/mol. The maximum Gasteiger partial charge on any atom is 0.300 e. The summed E-state index contributed by atoms with van der Waals surface area (Å²) in [6.07, 6.45) is 3.20. The number of methoxy groups -OCH3 is 1. The number of anilines is 1. The van der Waals surface area contributed by atoms with Gasteiger partial charge in [0, 0.05) is 33.7 Å². The van der Waals surface area contributed by atoms with Gasteiger partial charge in [-0.3, -0.25) is 19.5 Å². The van der Waals surface area contributed by atoms with E-state index in [2.05, 4.69) is 20.9 Å². The van der Waals surface area contributed by atoms with Gasteiger partial charge in [-0.1, -0.05) is 42.8 Å². The summed E-state index contributed by atoms with van der Waals surface area (Å²) in [4.78, 5) is 32.1. The topological polar surface area (TPSA) is 79.7 Å². The molecule has 1 amide bonds. The van der Waals surface area contributed by atoms with Gasteiger partial charge in [0.2, 0.25) is 0 Å². The average molecular weight is 521 g/mol. The van der Waals surface area contributed by atoms with Crippen LogP contribution in [0.25, 0.3) is 5.76 Å². The summed E-state index contributed by atoms with van der Waals surface area (Å²) >= 11 is 3.44. The van der Waals surface area contributed by atoms with Crippen molar-refractivity contribution in [3.8, 4) is 5.75 Å². The molecule has 1 fully saturated rings. The molecule has 0 bridgehead atoms. The summed E-state index contributed by atoms with van der Waals surface area (Å²) in [5.74, 6) is -0.992. The molecule has 1 saturated heterocycles. The predicted octanol–water partition coefficient (Wildman–Crippen LogP) is 5.78. The van der Waals surface area contributed by atoms with Crippen LogP contribution in [0.3, 0.4) is 0 Å². The number of hydrogen-bond donors (Lipinski definition) is 1. The van der Waals surface area contributed by atoms with Gasteiger partial charge in [0.15, 0.2) is 0 Å². The van der Waals surface area contributed by atoms with Gasteiger partial charge < -0.3 is 9.84 Å². The van der Waals surface area contributed by atoms with Gasteiger partial charge in [-0.2, -0.15) is 0 Å². The van der Waals surface area contributed by atoms with Gasteiger partial charge in [-0.05, 0) is 59.5 Å². The number of ketones is 1. The number of Topliss-reactive ketones (excluding diaryl/α,β-unsaturated/α-hetero) is 1. The van der Waals surface area contributed by atoms with Crippen molar-refractivity contribution in [2.24, 2.45) is 0 Å². The minimum absolute atomic E-state index is 0.0289. The molecule has 0 spiro atoms. The lowest BCUT2D eigenvalue weighted by atomic mass is 9.84. The molecule has 4 rings (SSSR count). The number of pyridine rings is 1. The van der Waals surface area contributed by atoms with Crippen molar-refractivity contribution in [3.05, 3.63) is 93.7 Å². The molecule has 1 atom stereocenters. The van der Waals surface area contributed by atoms with Crippen molar-refractivity contribution in [2.45, 2.75) is 32.2 Å². The second-order valence-electron chi connectivity index (χ2n) is 9.09. The van der Waals surface area contributed by atoms with Crippen LogP contribution < -0.4 is 9.64 Å². The van der Waals surface area contributed by atoms with Gasteiger partial charge in [0.1, 0.15) is 11.5 Å². The average Bonchev–Trinajstić information content (AvgIpc) is 3.08. The third-order valence-corrected chi connectivity index (χ3v) is 6.33. The van der Waals surface area contributed by atoms with Crippen LogP contribution in [0.2, 0.25) is 0 Å². The van der Waals surface area contributed by atoms with Crippen LogP contribution in [0.1, 0.15) is 43.5 Å². The molecule has 174 valence electrons. The number of amides is 1. The van der Waals surface area contributed by atoms with Crippen molar-refractivity contribution < 1.29 is 19.4 Å². The molecule has 2 heterocycles. The molecule has 0 aliphatic carbocycles. The van der Waals surface area contributed by atoms with E-state index >= 15 is 0 Å². The first-order valence-corrected chi connectivity index (χ1v) is 11.6. The summed E-state index contributed by atoms with van der Waals surface area (Å²) in [6.45, 7) is 6.12. The molecule has 0 saturated carbocycles. The number of aliphatic hydroxyl groups is 1. The number of nitrogens with zero attached hydrogens (tertiary/aromatic N) is 2. The number of rotatable bonds is 4. The third-order valence-electron chi connectivity index (χ3n) is 5.83. The number of hydrogen-bond acceptors (Lipinski definition) is 5. The Morgan fingerprint density at radius 1 is 1.06 bits per heavy atom. The number of aliphatic hydroxyl groups excluding tert-OH is 1. The Labute approximate surface area is 207 Å². The van der Waals surface area contributed by atoms with Crippen LogP contribution in [0.5, 0.6) is 5.75 Å². The van der Waals surface area contributed by atoms with E-state index in [1.54, 1.807) is 62.0 Å². The molecule has 34 heavy (non-hydrogen) atoms. The summed E-state index contributed by atoms with van der Waals surface area (Å²) in [5, 5.41) is 11.4. The molecule has 2 aromatic carbocycles. The van der Waals surface area contributed by atoms with E-state index in [-0.39, 0.29) is 16.7 Å². The SMILES string of the molecule is COc1ccc(/C(O)=C2/C(=O)C(=O)N(c3cccc(Br)c3)C2c2ccncc2)cc1C(C)(C)C. The van der Waals surface area contributed by atoms with Crippen molar-refractivity contribution in [3.63, 3.8) is 0 Å². The first-order chi connectivity index (χ1) is 16.1. The van der Waals surface area contributed by atoms with Crippen LogP contribution in [0.4, 0.5) is 5.69 Å². The monoisotopic (exact) mass is 520 g/mol. The first-order valence-electron chi connectivity index (χ1n) is 10.8. The fraction of sp³-hybridized carbons (Fsp3) is 0.222. The van der Waals surface area contributed by atoms with Crippen LogP contribution in [0.15, 0.2) is 77.0 Å². The number of aromatic nitrogens is 1. The fourth-order valence-corrected chi connectivity index (χ4v) is 4.57. The molecule has 1 aromatic heterocycles. The van der Waals surface area contributed by atoms with Crippen molar-refractivity contribution in [2.75, 3.05) is 12.0 Å². The lowest BCUT2D eigenvalue weighted by molar-refractivity contribution is -0.132. The molecule has 1 aliphatic rings. The minimum atomic E-state index is -0.808. The van der Waals surface area contributed by atoms with E-state index in [0.29, 0.717) is 22.6 Å². The molecule has 7 heteroatoms. The fourth-order valence-electron chi connectivity index (χ4n) is 4.18. The largest absolute Gasteiger partial charge is 0.507 e. The first kappa shape index (κ1) is 23.7. The minimum Gasteiger partial charge on any atom is -0.507 e. The molecular formula is C27H25BrN2O4.